The third-order valence-electron chi connectivity index (χ3n) is 14.0. The molecule has 14 rings (SSSR count). The average molecular weight is 949 g/mol. The Hall–Kier alpha value is -10.2. The topological polar surface area (TPSA) is 67.9 Å². The molecule has 9 aromatic carbocycles. The van der Waals surface area contributed by atoms with Crippen molar-refractivity contribution in [3.63, 3.8) is 0 Å². The lowest BCUT2D eigenvalue weighted by atomic mass is 10.0. The molecule has 0 radical (unpaired) electrons. The first-order valence-electron chi connectivity index (χ1n) is 24.8. The molecule has 0 aliphatic carbocycles. The highest BCUT2D eigenvalue weighted by atomic mass is 15.2. The van der Waals surface area contributed by atoms with E-state index < -0.39 is 0 Å². The number of fused-ring (bicyclic) bond motifs is 7. The average Bonchev–Trinajstić information content (AvgIpc) is 4.00. The second-order valence-corrected chi connectivity index (χ2v) is 18.3. The van der Waals surface area contributed by atoms with E-state index in [1.807, 2.05) is 73.1 Å². The van der Waals surface area contributed by atoms with Gasteiger partial charge in [0.1, 0.15) is 11.6 Å². The monoisotopic (exact) mass is 948 g/mol. The Bertz CT molecular complexity index is 3950. The Morgan fingerprint density at radius 2 is 0.568 bits per heavy atom. The van der Waals surface area contributed by atoms with E-state index in [-0.39, 0.29) is 0 Å². The molecule has 0 aliphatic heterocycles. The molecule has 8 nitrogen and oxygen atoms in total. The van der Waals surface area contributed by atoms with Gasteiger partial charge in [0, 0.05) is 79.2 Å². The minimum Gasteiger partial charge on any atom is -0.309 e. The Kier molecular flexibility index (Phi) is 10.3. The number of hydrogen-bond donors (Lipinski definition) is 0. The van der Waals surface area contributed by atoms with Crippen LogP contribution < -0.4 is 9.80 Å². The van der Waals surface area contributed by atoms with E-state index in [9.17, 15) is 0 Å². The van der Waals surface area contributed by atoms with E-state index in [1.165, 1.54) is 43.6 Å². The molecule has 74 heavy (non-hydrogen) atoms. The van der Waals surface area contributed by atoms with Crippen LogP contribution in [0.5, 0.6) is 0 Å². The largest absolute Gasteiger partial charge is 0.309 e. The first kappa shape index (κ1) is 42.7. The maximum atomic E-state index is 5.30. The highest BCUT2D eigenvalue weighted by molar-refractivity contribution is 6.10. The highest BCUT2D eigenvalue weighted by Gasteiger charge is 2.21. The number of pyridine rings is 2. The van der Waals surface area contributed by atoms with Crippen LogP contribution in [-0.2, 0) is 0 Å². The Morgan fingerprint density at radius 1 is 0.270 bits per heavy atom. The molecule has 0 N–H and O–H groups in total. The van der Waals surface area contributed by atoms with E-state index in [4.69, 9.17) is 19.9 Å². The molecule has 5 heterocycles. The van der Waals surface area contributed by atoms with Crippen molar-refractivity contribution in [2.75, 3.05) is 9.80 Å². The molecule has 0 saturated carbocycles. The lowest BCUT2D eigenvalue weighted by Gasteiger charge is -2.25. The van der Waals surface area contributed by atoms with Crippen LogP contribution >= 0.6 is 0 Å². The van der Waals surface area contributed by atoms with Crippen molar-refractivity contribution < 1.29 is 0 Å². The molecule has 0 fully saturated rings. The van der Waals surface area contributed by atoms with Crippen LogP contribution in [0.3, 0.4) is 0 Å². The molecule has 0 spiro atoms. The number of hydrogen-bond acceptors (Lipinski definition) is 6. The van der Waals surface area contributed by atoms with Crippen LogP contribution in [0.4, 0.5) is 34.4 Å². The number of benzene rings is 9. The molecule has 0 saturated heterocycles. The van der Waals surface area contributed by atoms with E-state index in [0.717, 1.165) is 79.3 Å². The van der Waals surface area contributed by atoms with Crippen molar-refractivity contribution in [2.24, 2.45) is 0 Å². The molecular weight excluding hydrogens is 905 g/mol. The summed E-state index contributed by atoms with van der Waals surface area (Å²) in [6.45, 7) is 0. The van der Waals surface area contributed by atoms with Crippen LogP contribution in [0, 0.1) is 0 Å². The zero-order valence-corrected chi connectivity index (χ0v) is 40.0. The lowest BCUT2D eigenvalue weighted by Crippen LogP contribution is -2.11. The fourth-order valence-corrected chi connectivity index (χ4v) is 10.6. The molecule has 8 heteroatoms. The predicted octanol–water partition coefficient (Wildman–Crippen LogP) is 16.9. The first-order valence-corrected chi connectivity index (χ1v) is 24.8. The van der Waals surface area contributed by atoms with Crippen molar-refractivity contribution in [1.29, 1.82) is 0 Å². The maximum absolute atomic E-state index is 5.30. The molecule has 0 unspecified atom stereocenters. The van der Waals surface area contributed by atoms with E-state index in [0.29, 0.717) is 0 Å². The van der Waals surface area contributed by atoms with Crippen molar-refractivity contribution in [1.82, 2.24) is 29.1 Å². The van der Waals surface area contributed by atoms with Crippen molar-refractivity contribution in [2.45, 2.75) is 0 Å². The molecule has 0 atom stereocenters. The predicted molar refractivity (Wildman–Crippen MR) is 304 cm³/mol. The van der Waals surface area contributed by atoms with Gasteiger partial charge in [-0.3, -0.25) is 9.80 Å². The lowest BCUT2D eigenvalue weighted by molar-refractivity contribution is 1.16. The molecule has 14 aromatic rings. The van der Waals surface area contributed by atoms with Crippen molar-refractivity contribution in [3.8, 4) is 33.9 Å². The van der Waals surface area contributed by atoms with Gasteiger partial charge in [-0.15, -0.1) is 0 Å². The van der Waals surface area contributed by atoms with Gasteiger partial charge in [-0.1, -0.05) is 121 Å². The summed E-state index contributed by atoms with van der Waals surface area (Å²) in [5.41, 5.74) is 16.0. The highest BCUT2D eigenvalue weighted by Crippen LogP contribution is 2.41. The standard InChI is InChI=1S/C66H44N8/c1-7-21-59-53(15-1)54-16-2-8-22-60(54)73(59)51-39-35-49(36-40-51)71(63-25-11-13-43-67-63)47-31-27-45(28-32-47)65-66(70-58-20-6-5-19-57(58)69-65)46-29-33-48(34-30-46)72(64-26-12-14-44-68-64)50-37-41-52(42-38-50)74-61-23-9-3-17-55(61)56-18-4-10-24-62(56)74/h1-44H. The Morgan fingerprint density at radius 3 is 0.892 bits per heavy atom. The van der Waals surface area contributed by atoms with Crippen LogP contribution in [0.15, 0.2) is 267 Å². The summed E-state index contributed by atoms with van der Waals surface area (Å²) in [7, 11) is 0. The fraction of sp³-hybridized carbons (Fsp3) is 0. The minimum atomic E-state index is 0.796. The van der Waals surface area contributed by atoms with Crippen LogP contribution in [0.2, 0.25) is 0 Å². The van der Waals surface area contributed by atoms with Gasteiger partial charge in [0.05, 0.1) is 44.5 Å². The maximum Gasteiger partial charge on any atom is 0.137 e. The molecule has 348 valence electrons. The third kappa shape index (κ3) is 7.31. The molecule has 0 aliphatic rings. The molecule has 5 aromatic heterocycles. The number of nitrogens with zero attached hydrogens (tertiary/aromatic N) is 8. The van der Waals surface area contributed by atoms with Gasteiger partial charge in [-0.05, 0) is 133 Å². The zero-order valence-electron chi connectivity index (χ0n) is 40.0. The second-order valence-electron chi connectivity index (χ2n) is 18.3. The summed E-state index contributed by atoms with van der Waals surface area (Å²) in [6, 6.07) is 89.1. The summed E-state index contributed by atoms with van der Waals surface area (Å²) in [5.74, 6) is 1.63. The van der Waals surface area contributed by atoms with Gasteiger partial charge >= 0.3 is 0 Å². The van der Waals surface area contributed by atoms with Crippen LogP contribution in [0.25, 0.3) is 88.5 Å². The van der Waals surface area contributed by atoms with E-state index >= 15 is 0 Å². The number of rotatable bonds is 10. The number of aromatic nitrogens is 6. The third-order valence-corrected chi connectivity index (χ3v) is 14.0. The van der Waals surface area contributed by atoms with Crippen molar-refractivity contribution >= 4 is 89.0 Å². The smallest absolute Gasteiger partial charge is 0.137 e. The first-order chi connectivity index (χ1) is 36.7. The molecule has 0 amide bonds. The summed E-state index contributed by atoms with van der Waals surface area (Å²) in [4.78, 5) is 24.6. The Labute approximate surface area is 427 Å². The quantitative estimate of drug-likeness (QED) is 0.136. The zero-order chi connectivity index (χ0) is 49.0. The van der Waals surface area contributed by atoms with Gasteiger partial charge < -0.3 is 9.13 Å². The van der Waals surface area contributed by atoms with E-state index in [2.05, 4.69) is 213 Å². The summed E-state index contributed by atoms with van der Waals surface area (Å²) in [5, 5.41) is 4.94. The van der Waals surface area contributed by atoms with Crippen LogP contribution in [-0.4, -0.2) is 29.1 Å². The Balaban J connectivity index is 0.812. The van der Waals surface area contributed by atoms with Gasteiger partial charge in [-0.25, -0.2) is 19.9 Å². The van der Waals surface area contributed by atoms with Crippen LogP contribution in [0.1, 0.15) is 0 Å². The SMILES string of the molecule is c1ccc(N(c2ccc(-c3nc4ccccc4nc3-c3ccc(N(c4ccc(-n5c6ccccc6c6ccccc65)cc4)c4ccccn4)cc3)cc2)c2ccc(-n3c4ccccc4c4ccccc43)cc2)nc1. The number of para-hydroxylation sites is 6. The molecule has 0 bridgehead atoms. The second kappa shape index (κ2) is 17.9. The summed E-state index contributed by atoms with van der Waals surface area (Å²) >= 11 is 0. The van der Waals surface area contributed by atoms with Gasteiger partial charge in [-0.2, -0.15) is 0 Å². The minimum absolute atomic E-state index is 0.796. The summed E-state index contributed by atoms with van der Waals surface area (Å²) < 4.78 is 4.68. The fourth-order valence-electron chi connectivity index (χ4n) is 10.6. The van der Waals surface area contributed by atoms with Crippen molar-refractivity contribution in [3.05, 3.63) is 267 Å². The normalized spacial score (nSPS) is 11.5. The van der Waals surface area contributed by atoms with Gasteiger partial charge in [0.15, 0.2) is 0 Å². The van der Waals surface area contributed by atoms with E-state index in [1.54, 1.807) is 0 Å². The van der Waals surface area contributed by atoms with Gasteiger partial charge in [0.2, 0.25) is 0 Å². The summed E-state index contributed by atoms with van der Waals surface area (Å²) in [6.07, 6.45) is 3.68. The number of anilines is 6. The van der Waals surface area contributed by atoms with Gasteiger partial charge in [0.25, 0.3) is 0 Å². The molecular formula is C66H44N8.